The molecule has 1 saturated carbocycles. The van der Waals surface area contributed by atoms with E-state index in [4.69, 9.17) is 4.74 Å². The van der Waals surface area contributed by atoms with Gasteiger partial charge in [-0.2, -0.15) is 5.10 Å². The fourth-order valence-electron chi connectivity index (χ4n) is 7.47. The monoisotopic (exact) mass is 610 g/mol. The lowest BCUT2D eigenvalue weighted by Crippen LogP contribution is -2.65. The van der Waals surface area contributed by atoms with Gasteiger partial charge in [0, 0.05) is 67.7 Å². The van der Waals surface area contributed by atoms with Gasteiger partial charge in [-0.15, -0.1) is 0 Å². The molecule has 7 rings (SSSR count). The Balaban J connectivity index is 0.977. The predicted molar refractivity (Wildman–Crippen MR) is 175 cm³/mol. The van der Waals surface area contributed by atoms with Crippen molar-refractivity contribution in [1.29, 1.82) is 0 Å². The van der Waals surface area contributed by atoms with Crippen LogP contribution in [0.25, 0.3) is 11.1 Å². The third-order valence-corrected chi connectivity index (χ3v) is 10.3. The Labute approximate surface area is 266 Å². The number of carbonyl (C=O) groups is 2. The topological polar surface area (TPSA) is 93.8 Å². The highest BCUT2D eigenvalue weighted by Gasteiger charge is 2.49. The van der Waals surface area contributed by atoms with E-state index in [9.17, 15) is 9.59 Å². The second-order valence-electron chi connectivity index (χ2n) is 14.2. The van der Waals surface area contributed by atoms with Crippen molar-refractivity contribution >= 4 is 17.5 Å². The summed E-state index contributed by atoms with van der Waals surface area (Å²) >= 11 is 0. The number of hydrogen-bond acceptors (Lipinski definition) is 6. The molecule has 3 aromatic rings. The zero-order chi connectivity index (χ0) is 31.0. The van der Waals surface area contributed by atoms with Crippen LogP contribution in [-0.4, -0.2) is 82.7 Å². The quantitative estimate of drug-likeness (QED) is 0.360. The summed E-state index contributed by atoms with van der Waals surface area (Å²) in [4.78, 5) is 33.8. The van der Waals surface area contributed by atoms with E-state index in [1.807, 2.05) is 49.3 Å². The smallest absolute Gasteiger partial charge is 0.266 e. The van der Waals surface area contributed by atoms with Gasteiger partial charge in [0.2, 0.25) is 5.91 Å². The van der Waals surface area contributed by atoms with Gasteiger partial charge in [0.25, 0.3) is 5.91 Å². The van der Waals surface area contributed by atoms with Crippen LogP contribution in [0, 0.1) is 11.3 Å². The van der Waals surface area contributed by atoms with Crippen LogP contribution < -0.4 is 15.0 Å². The second-order valence-corrected chi connectivity index (χ2v) is 14.2. The first-order valence-corrected chi connectivity index (χ1v) is 16.7. The molecular weight excluding hydrogens is 564 g/mol. The number of piperidine rings is 2. The molecule has 0 unspecified atom stereocenters. The molecule has 1 aliphatic carbocycles. The number of benzene rings is 2. The van der Waals surface area contributed by atoms with Crippen molar-refractivity contribution < 1.29 is 14.3 Å². The molecule has 1 spiro atoms. The van der Waals surface area contributed by atoms with Gasteiger partial charge in [-0.1, -0.05) is 30.3 Å². The molecule has 4 fully saturated rings. The van der Waals surface area contributed by atoms with Crippen LogP contribution in [0.1, 0.15) is 57.9 Å². The van der Waals surface area contributed by atoms with Crippen LogP contribution in [-0.2, 0) is 16.1 Å². The highest BCUT2D eigenvalue weighted by Crippen LogP contribution is 2.40. The van der Waals surface area contributed by atoms with Crippen LogP contribution in [0.4, 0.5) is 5.69 Å². The first-order chi connectivity index (χ1) is 21.8. The number of amides is 2. The molecule has 0 bridgehead atoms. The van der Waals surface area contributed by atoms with Crippen molar-refractivity contribution in [3.63, 3.8) is 0 Å². The number of rotatable bonds is 9. The van der Waals surface area contributed by atoms with Gasteiger partial charge in [0.05, 0.1) is 12.1 Å². The molecule has 1 aromatic heterocycles. The number of aromatic amines is 1. The van der Waals surface area contributed by atoms with Crippen molar-refractivity contribution in [2.24, 2.45) is 11.3 Å². The predicted octanol–water partition coefficient (Wildman–Crippen LogP) is 4.85. The summed E-state index contributed by atoms with van der Waals surface area (Å²) in [6.45, 7) is 9.74. The van der Waals surface area contributed by atoms with E-state index in [0.29, 0.717) is 30.3 Å². The largest absolute Gasteiger partial charge is 0.478 e. The number of aromatic nitrogens is 2. The lowest BCUT2D eigenvalue weighted by molar-refractivity contribution is -0.159. The first kappa shape index (κ1) is 29.8. The molecule has 45 heavy (non-hydrogen) atoms. The summed E-state index contributed by atoms with van der Waals surface area (Å²) in [6.07, 6.45) is 10.0. The van der Waals surface area contributed by atoms with Crippen molar-refractivity contribution in [3.05, 3.63) is 66.5 Å². The third kappa shape index (κ3) is 6.45. The summed E-state index contributed by atoms with van der Waals surface area (Å²) in [5, 5.41) is 10.3. The van der Waals surface area contributed by atoms with Crippen molar-refractivity contribution in [2.45, 2.75) is 70.6 Å². The molecule has 3 saturated heterocycles. The summed E-state index contributed by atoms with van der Waals surface area (Å²) in [5.41, 5.74) is 3.71. The highest BCUT2D eigenvalue weighted by molar-refractivity contribution is 5.86. The minimum Gasteiger partial charge on any atom is -0.478 e. The second kappa shape index (κ2) is 12.2. The van der Waals surface area contributed by atoms with E-state index >= 15 is 0 Å². The normalized spacial score (nSPS) is 21.3. The van der Waals surface area contributed by atoms with Crippen molar-refractivity contribution in [3.8, 4) is 16.9 Å². The summed E-state index contributed by atoms with van der Waals surface area (Å²) in [6, 6.07) is 16.9. The maximum atomic E-state index is 14.0. The molecule has 4 heterocycles. The number of nitrogens with one attached hydrogen (secondary N) is 2. The third-order valence-electron chi connectivity index (χ3n) is 10.3. The van der Waals surface area contributed by atoms with Gasteiger partial charge >= 0.3 is 0 Å². The van der Waals surface area contributed by atoms with Crippen LogP contribution in [0.15, 0.2) is 60.9 Å². The van der Waals surface area contributed by atoms with Crippen LogP contribution in [0.2, 0.25) is 0 Å². The Morgan fingerprint density at radius 1 is 1.04 bits per heavy atom. The van der Waals surface area contributed by atoms with Crippen LogP contribution in [0.3, 0.4) is 0 Å². The molecule has 0 radical (unpaired) electrons. The average Bonchev–Trinajstić information content (AvgIpc) is 3.74. The standard InChI is InChI=1S/C36H46N6O3/c1-35(2,34(44)41-24-36(25-41)14-16-37-17-15-36)45-32-7-3-6-31(19-32)40-18-4-5-28(23-40)33(43)42(30-12-13-30)22-26-8-10-27(11-9-26)29-20-38-39-21-29/h3,6-11,19-21,28,30,37H,4-5,12-18,22-25H2,1-2H3,(H,38,39)/t28-/m1/s1. The van der Waals surface area contributed by atoms with Gasteiger partial charge in [-0.3, -0.25) is 14.7 Å². The van der Waals surface area contributed by atoms with Crippen molar-refractivity contribution in [2.75, 3.05) is 44.2 Å². The Morgan fingerprint density at radius 2 is 1.82 bits per heavy atom. The Bertz CT molecular complexity index is 1490. The number of anilines is 1. The average molecular weight is 611 g/mol. The molecule has 238 valence electrons. The van der Waals surface area contributed by atoms with Gasteiger partial charge < -0.3 is 24.8 Å². The lowest BCUT2D eigenvalue weighted by atomic mass is 9.72. The highest BCUT2D eigenvalue weighted by atomic mass is 16.5. The van der Waals surface area contributed by atoms with E-state index < -0.39 is 5.60 Å². The molecule has 2 aromatic carbocycles. The fourth-order valence-corrected chi connectivity index (χ4v) is 7.47. The van der Waals surface area contributed by atoms with Gasteiger partial charge in [-0.25, -0.2) is 0 Å². The van der Waals surface area contributed by atoms with Gasteiger partial charge in [-0.05, 0) is 88.7 Å². The molecule has 1 atom stereocenters. The lowest BCUT2D eigenvalue weighted by Gasteiger charge is -2.53. The van der Waals surface area contributed by atoms with Gasteiger partial charge in [0.1, 0.15) is 5.75 Å². The van der Waals surface area contributed by atoms with Crippen LogP contribution in [0.5, 0.6) is 5.75 Å². The number of likely N-dealkylation sites (tertiary alicyclic amines) is 1. The van der Waals surface area contributed by atoms with E-state index in [-0.39, 0.29) is 17.7 Å². The summed E-state index contributed by atoms with van der Waals surface area (Å²) in [7, 11) is 0. The molecule has 2 N–H and O–H groups in total. The first-order valence-electron chi connectivity index (χ1n) is 16.7. The SMILES string of the molecule is CC(C)(Oc1cccc(N2CCC[C@@H](C(=O)N(Cc3ccc(-c4cn[nH]c4)cc3)C3CC3)C2)c1)C(=O)N1CC2(CCNCC2)C1. The number of ether oxygens (including phenoxy) is 1. The molecule has 9 nitrogen and oxygen atoms in total. The maximum absolute atomic E-state index is 14.0. The number of H-pyrrole nitrogens is 1. The number of nitrogens with zero attached hydrogens (tertiary/aromatic N) is 4. The molecule has 4 aliphatic rings. The Kier molecular flexibility index (Phi) is 8.06. The Hall–Kier alpha value is -3.85. The molecule has 2 amide bonds. The molecule has 3 aliphatic heterocycles. The summed E-state index contributed by atoms with van der Waals surface area (Å²) < 4.78 is 6.37. The van der Waals surface area contributed by atoms with E-state index in [1.54, 1.807) is 0 Å². The number of hydrogen-bond donors (Lipinski definition) is 2. The minimum atomic E-state index is -0.949. The van der Waals surface area contributed by atoms with E-state index in [0.717, 1.165) is 93.6 Å². The van der Waals surface area contributed by atoms with Crippen molar-refractivity contribution in [1.82, 2.24) is 25.3 Å². The molecular formula is C36H46N6O3. The summed E-state index contributed by atoms with van der Waals surface area (Å²) in [5.74, 6) is 0.967. The maximum Gasteiger partial charge on any atom is 0.266 e. The minimum absolute atomic E-state index is 0.0409. The van der Waals surface area contributed by atoms with E-state index in [2.05, 4.69) is 55.6 Å². The Morgan fingerprint density at radius 3 is 2.53 bits per heavy atom. The van der Waals surface area contributed by atoms with E-state index in [1.165, 1.54) is 0 Å². The fraction of sp³-hybridized carbons (Fsp3) is 0.528. The van der Waals surface area contributed by atoms with Gasteiger partial charge in [0.15, 0.2) is 5.60 Å². The molecule has 9 heteroatoms. The zero-order valence-electron chi connectivity index (χ0n) is 26.6. The van der Waals surface area contributed by atoms with Crippen LogP contribution >= 0.6 is 0 Å². The number of carbonyl (C=O) groups excluding carboxylic acids is 2. The zero-order valence-corrected chi connectivity index (χ0v) is 26.6.